The first kappa shape index (κ1) is 15.2. The minimum absolute atomic E-state index is 0.0580. The van der Waals surface area contributed by atoms with E-state index in [2.05, 4.69) is 9.97 Å². The highest BCUT2D eigenvalue weighted by Gasteiger charge is 2.32. The molecule has 1 aromatic heterocycles. The number of aryl methyl sites for hydroxylation is 1. The Morgan fingerprint density at radius 2 is 2.11 bits per heavy atom. The summed E-state index contributed by atoms with van der Waals surface area (Å²) in [5, 5.41) is 17.5. The maximum atomic E-state index is 12.3. The summed E-state index contributed by atoms with van der Waals surface area (Å²) in [6.45, 7) is -0.761. The van der Waals surface area contributed by atoms with Crippen LogP contribution in [0.4, 0.5) is 19.1 Å². The molecule has 0 fully saturated rings. The van der Waals surface area contributed by atoms with E-state index in [9.17, 15) is 18.0 Å². The van der Waals surface area contributed by atoms with Crippen molar-refractivity contribution >= 4 is 11.9 Å². The van der Waals surface area contributed by atoms with Crippen molar-refractivity contribution in [1.82, 2.24) is 9.97 Å². The lowest BCUT2D eigenvalue weighted by atomic mass is 10.2. The number of halogens is 3. The van der Waals surface area contributed by atoms with E-state index in [4.69, 9.17) is 10.2 Å². The average molecular weight is 279 g/mol. The molecule has 0 radical (unpaired) electrons. The van der Waals surface area contributed by atoms with Gasteiger partial charge in [0.2, 0.25) is 5.95 Å². The minimum Gasteiger partial charge on any atom is -0.478 e. The van der Waals surface area contributed by atoms with Gasteiger partial charge in [0.15, 0.2) is 0 Å². The molecule has 0 aliphatic rings. The van der Waals surface area contributed by atoms with Gasteiger partial charge in [-0.15, -0.1) is 0 Å². The molecule has 0 aliphatic carbocycles. The summed E-state index contributed by atoms with van der Waals surface area (Å²) in [6.07, 6.45) is -3.53. The van der Waals surface area contributed by atoms with Crippen LogP contribution < -0.4 is 4.90 Å². The molecule has 19 heavy (non-hydrogen) atoms. The van der Waals surface area contributed by atoms with Crippen molar-refractivity contribution in [3.63, 3.8) is 0 Å². The van der Waals surface area contributed by atoms with Crippen LogP contribution in [0.25, 0.3) is 0 Å². The quantitative estimate of drug-likeness (QED) is 0.830. The van der Waals surface area contributed by atoms with Gasteiger partial charge in [-0.1, -0.05) is 0 Å². The Morgan fingerprint density at radius 3 is 2.53 bits per heavy atom. The molecule has 6 nitrogen and oxygen atoms in total. The number of carboxylic acids is 1. The molecule has 1 aromatic rings. The molecule has 0 saturated heterocycles. The number of carbonyl (C=O) groups is 1. The molecule has 0 spiro atoms. The van der Waals surface area contributed by atoms with Gasteiger partial charge in [-0.25, -0.2) is 14.8 Å². The molecule has 0 bridgehead atoms. The number of aliphatic hydroxyl groups excluding tert-OH is 1. The van der Waals surface area contributed by atoms with E-state index in [0.717, 1.165) is 11.1 Å². The van der Waals surface area contributed by atoms with E-state index in [1.165, 1.54) is 6.92 Å². The second-order valence-electron chi connectivity index (χ2n) is 3.73. The number of nitrogens with zero attached hydrogens (tertiary/aromatic N) is 3. The van der Waals surface area contributed by atoms with E-state index in [1.54, 1.807) is 0 Å². The fraction of sp³-hybridized carbons (Fsp3) is 0.500. The lowest BCUT2D eigenvalue weighted by Gasteiger charge is -2.23. The fourth-order valence-corrected chi connectivity index (χ4v) is 1.40. The number of aliphatic hydroxyl groups is 1. The highest BCUT2D eigenvalue weighted by Crippen LogP contribution is 2.20. The Morgan fingerprint density at radius 1 is 1.47 bits per heavy atom. The van der Waals surface area contributed by atoms with E-state index in [0.29, 0.717) is 0 Å². The standard InChI is InChI=1S/C10H12F3N3O3/c1-6-7(8(18)19)4-14-9(15-6)16(2-3-17)5-10(11,12)13/h4,17H,2-3,5H2,1H3,(H,18,19). The van der Waals surface area contributed by atoms with Crippen LogP contribution in [-0.4, -0.2) is 52.0 Å². The summed E-state index contributed by atoms with van der Waals surface area (Å²) in [6, 6.07) is 0. The van der Waals surface area contributed by atoms with Crippen LogP contribution in [0.5, 0.6) is 0 Å². The second kappa shape index (κ2) is 5.83. The van der Waals surface area contributed by atoms with Crippen molar-refractivity contribution in [2.45, 2.75) is 13.1 Å². The number of anilines is 1. The molecule has 0 amide bonds. The summed E-state index contributed by atoms with van der Waals surface area (Å²) in [5.74, 6) is -1.53. The highest BCUT2D eigenvalue weighted by molar-refractivity contribution is 5.88. The van der Waals surface area contributed by atoms with Crippen molar-refractivity contribution in [3.05, 3.63) is 17.5 Å². The predicted molar refractivity (Wildman–Crippen MR) is 59.1 cm³/mol. The summed E-state index contributed by atoms with van der Waals surface area (Å²) in [5.41, 5.74) is -0.123. The summed E-state index contributed by atoms with van der Waals surface area (Å²) in [7, 11) is 0. The summed E-state index contributed by atoms with van der Waals surface area (Å²) >= 11 is 0. The van der Waals surface area contributed by atoms with Crippen LogP contribution in [0.3, 0.4) is 0 Å². The third-order valence-electron chi connectivity index (χ3n) is 2.22. The first-order valence-corrected chi connectivity index (χ1v) is 5.24. The Hall–Kier alpha value is -1.90. The topological polar surface area (TPSA) is 86.5 Å². The Kier molecular flexibility index (Phi) is 4.65. The van der Waals surface area contributed by atoms with E-state index in [-0.39, 0.29) is 23.8 Å². The van der Waals surface area contributed by atoms with E-state index in [1.807, 2.05) is 0 Å². The molecule has 0 aromatic carbocycles. The van der Waals surface area contributed by atoms with Gasteiger partial charge in [0, 0.05) is 12.7 Å². The third kappa shape index (κ3) is 4.36. The molecule has 9 heteroatoms. The number of hydrogen-bond acceptors (Lipinski definition) is 5. The second-order valence-corrected chi connectivity index (χ2v) is 3.73. The zero-order valence-corrected chi connectivity index (χ0v) is 9.98. The van der Waals surface area contributed by atoms with Crippen LogP contribution >= 0.6 is 0 Å². The summed E-state index contributed by atoms with van der Waals surface area (Å²) < 4.78 is 37.0. The van der Waals surface area contributed by atoms with Crippen LogP contribution in [0, 0.1) is 6.92 Å². The maximum Gasteiger partial charge on any atom is 0.406 e. The number of carboxylic acid groups (broad SMARTS) is 1. The van der Waals surface area contributed by atoms with Gasteiger partial charge in [0.05, 0.1) is 17.9 Å². The van der Waals surface area contributed by atoms with Crippen molar-refractivity contribution in [3.8, 4) is 0 Å². The Balaban J connectivity index is 3.03. The molecule has 1 heterocycles. The Labute approximate surface area is 106 Å². The first-order chi connectivity index (χ1) is 8.74. The van der Waals surface area contributed by atoms with Crippen molar-refractivity contribution < 1.29 is 28.2 Å². The molecule has 1 rings (SSSR count). The molecule has 2 N–H and O–H groups in total. The lowest BCUT2D eigenvalue weighted by molar-refractivity contribution is -0.120. The van der Waals surface area contributed by atoms with E-state index >= 15 is 0 Å². The molecular weight excluding hydrogens is 267 g/mol. The first-order valence-electron chi connectivity index (χ1n) is 5.24. The molecule has 0 unspecified atom stereocenters. The van der Waals surface area contributed by atoms with Gasteiger partial charge in [0.1, 0.15) is 6.54 Å². The van der Waals surface area contributed by atoms with Crippen molar-refractivity contribution in [2.24, 2.45) is 0 Å². The zero-order chi connectivity index (χ0) is 14.6. The average Bonchev–Trinajstić information content (AvgIpc) is 2.26. The molecule has 0 atom stereocenters. The lowest BCUT2D eigenvalue weighted by Crippen LogP contribution is -2.37. The molecular formula is C10H12F3N3O3. The van der Waals surface area contributed by atoms with Crippen LogP contribution in [0.2, 0.25) is 0 Å². The van der Waals surface area contributed by atoms with Gasteiger partial charge < -0.3 is 15.1 Å². The third-order valence-corrected chi connectivity index (χ3v) is 2.22. The van der Waals surface area contributed by atoms with E-state index < -0.39 is 25.3 Å². The van der Waals surface area contributed by atoms with Gasteiger partial charge >= 0.3 is 12.1 Å². The van der Waals surface area contributed by atoms with Crippen LogP contribution in [0.15, 0.2) is 6.20 Å². The number of aromatic nitrogens is 2. The smallest absolute Gasteiger partial charge is 0.406 e. The van der Waals surface area contributed by atoms with Crippen molar-refractivity contribution in [1.29, 1.82) is 0 Å². The fourth-order valence-electron chi connectivity index (χ4n) is 1.40. The molecule has 106 valence electrons. The van der Waals surface area contributed by atoms with Gasteiger partial charge in [0.25, 0.3) is 0 Å². The number of aromatic carboxylic acids is 1. The number of alkyl halides is 3. The zero-order valence-electron chi connectivity index (χ0n) is 9.98. The highest BCUT2D eigenvalue weighted by atomic mass is 19.4. The van der Waals surface area contributed by atoms with Gasteiger partial charge in [-0.3, -0.25) is 0 Å². The molecule has 0 aliphatic heterocycles. The van der Waals surface area contributed by atoms with Gasteiger partial charge in [-0.2, -0.15) is 13.2 Å². The predicted octanol–water partition coefficient (Wildman–Crippen LogP) is 0.844. The SMILES string of the molecule is Cc1nc(N(CCO)CC(F)(F)F)ncc1C(=O)O. The van der Waals surface area contributed by atoms with Crippen molar-refractivity contribution in [2.75, 3.05) is 24.6 Å². The molecule has 0 saturated carbocycles. The maximum absolute atomic E-state index is 12.3. The monoisotopic (exact) mass is 279 g/mol. The largest absolute Gasteiger partial charge is 0.478 e. The Bertz CT molecular complexity index is 465. The summed E-state index contributed by atoms with van der Waals surface area (Å²) in [4.78, 5) is 18.8. The van der Waals surface area contributed by atoms with Crippen LogP contribution in [-0.2, 0) is 0 Å². The normalized spacial score (nSPS) is 11.4. The van der Waals surface area contributed by atoms with Crippen LogP contribution in [0.1, 0.15) is 16.1 Å². The number of rotatable bonds is 5. The minimum atomic E-state index is -4.47. The van der Waals surface area contributed by atoms with Gasteiger partial charge in [-0.05, 0) is 6.92 Å². The number of hydrogen-bond donors (Lipinski definition) is 2.